The smallest absolute Gasteiger partial charge is 0.223 e. The molecule has 0 aliphatic rings. The van der Waals surface area contributed by atoms with Crippen molar-refractivity contribution in [1.29, 1.82) is 0 Å². The molecule has 0 bridgehead atoms. The van der Waals surface area contributed by atoms with Gasteiger partial charge in [-0.15, -0.1) is 0 Å². The van der Waals surface area contributed by atoms with Crippen LogP contribution in [0.1, 0.15) is 6.92 Å². The summed E-state index contributed by atoms with van der Waals surface area (Å²) in [4.78, 5) is 12.6. The SMILES string of the molecule is C[CH]C(=O)NCCN(C)C. The Balaban J connectivity index is 3.12. The van der Waals surface area contributed by atoms with E-state index in [9.17, 15) is 4.79 Å². The van der Waals surface area contributed by atoms with Crippen LogP contribution in [0, 0.1) is 6.42 Å². The molecule has 0 rings (SSSR count). The Morgan fingerprint density at radius 1 is 1.60 bits per heavy atom. The molecule has 0 heterocycles. The number of likely N-dealkylation sites (N-methyl/N-ethyl adjacent to an activating group) is 1. The standard InChI is InChI=1S/C7H15N2O/c1-4-7(10)8-5-6-9(2)3/h4H,5-6H2,1-3H3,(H,8,10). The summed E-state index contributed by atoms with van der Waals surface area (Å²) < 4.78 is 0. The Bertz CT molecular complexity index is 102. The van der Waals surface area contributed by atoms with Gasteiger partial charge in [0.2, 0.25) is 5.91 Å². The van der Waals surface area contributed by atoms with Crippen LogP contribution < -0.4 is 5.32 Å². The van der Waals surface area contributed by atoms with Gasteiger partial charge in [0.15, 0.2) is 0 Å². The van der Waals surface area contributed by atoms with E-state index in [0.29, 0.717) is 0 Å². The molecule has 3 nitrogen and oxygen atoms in total. The van der Waals surface area contributed by atoms with Crippen molar-refractivity contribution in [1.82, 2.24) is 10.2 Å². The molecule has 0 saturated heterocycles. The van der Waals surface area contributed by atoms with Crippen LogP contribution >= 0.6 is 0 Å². The minimum atomic E-state index is 0.00171. The molecule has 1 N–H and O–H groups in total. The predicted octanol–water partition coefficient (Wildman–Crippen LogP) is -0.112. The fourth-order valence-electron chi connectivity index (χ4n) is 0.505. The maximum Gasteiger partial charge on any atom is 0.223 e. The number of carbonyl (C=O) groups excluding carboxylic acids is 1. The van der Waals surface area contributed by atoms with Gasteiger partial charge in [-0.2, -0.15) is 0 Å². The molecule has 0 aliphatic carbocycles. The monoisotopic (exact) mass is 143 g/mol. The van der Waals surface area contributed by atoms with Gasteiger partial charge in [0.1, 0.15) is 0 Å². The first-order valence-electron chi connectivity index (χ1n) is 3.38. The maximum absolute atomic E-state index is 10.6. The van der Waals surface area contributed by atoms with Crippen LogP contribution in [0.2, 0.25) is 0 Å². The molecule has 0 aromatic heterocycles. The van der Waals surface area contributed by atoms with Crippen LogP contribution in [-0.4, -0.2) is 38.0 Å². The lowest BCUT2D eigenvalue weighted by Gasteiger charge is -2.09. The van der Waals surface area contributed by atoms with Gasteiger partial charge >= 0.3 is 0 Å². The lowest BCUT2D eigenvalue weighted by molar-refractivity contribution is -0.117. The molecule has 3 heteroatoms. The van der Waals surface area contributed by atoms with Crippen LogP contribution in [0.4, 0.5) is 0 Å². The number of nitrogens with one attached hydrogen (secondary N) is 1. The summed E-state index contributed by atoms with van der Waals surface area (Å²) in [5.74, 6) is 0.00171. The van der Waals surface area contributed by atoms with Gasteiger partial charge < -0.3 is 10.2 Å². The van der Waals surface area contributed by atoms with E-state index >= 15 is 0 Å². The quantitative estimate of drug-likeness (QED) is 0.595. The van der Waals surface area contributed by atoms with E-state index in [4.69, 9.17) is 0 Å². The van der Waals surface area contributed by atoms with Gasteiger partial charge in [-0.1, -0.05) is 6.92 Å². The summed E-state index contributed by atoms with van der Waals surface area (Å²) in [5.41, 5.74) is 0. The van der Waals surface area contributed by atoms with Crippen molar-refractivity contribution in [3.05, 3.63) is 6.42 Å². The Labute approximate surface area is 62.4 Å². The molecular weight excluding hydrogens is 128 g/mol. The van der Waals surface area contributed by atoms with Gasteiger partial charge in [0.05, 0.1) is 0 Å². The lowest BCUT2D eigenvalue weighted by atomic mass is 10.4. The highest BCUT2D eigenvalue weighted by Crippen LogP contribution is 1.74. The number of hydrogen-bond donors (Lipinski definition) is 1. The Kier molecular flexibility index (Phi) is 4.94. The minimum absolute atomic E-state index is 0.00171. The molecule has 0 unspecified atom stereocenters. The fourth-order valence-corrected chi connectivity index (χ4v) is 0.505. The highest BCUT2D eigenvalue weighted by molar-refractivity contribution is 5.83. The summed E-state index contributed by atoms with van der Waals surface area (Å²) in [5, 5.41) is 2.73. The van der Waals surface area contributed by atoms with Crippen LogP contribution in [0.25, 0.3) is 0 Å². The Morgan fingerprint density at radius 3 is 2.60 bits per heavy atom. The molecule has 1 radical (unpaired) electrons. The van der Waals surface area contributed by atoms with E-state index in [1.54, 1.807) is 6.92 Å². The van der Waals surface area contributed by atoms with Crippen molar-refractivity contribution >= 4 is 5.91 Å². The Hall–Kier alpha value is -0.570. The molecule has 1 amide bonds. The average molecular weight is 143 g/mol. The van der Waals surface area contributed by atoms with Crippen molar-refractivity contribution in [2.75, 3.05) is 27.2 Å². The van der Waals surface area contributed by atoms with Crippen molar-refractivity contribution in [3.63, 3.8) is 0 Å². The van der Waals surface area contributed by atoms with E-state index < -0.39 is 0 Å². The Morgan fingerprint density at radius 2 is 2.20 bits per heavy atom. The molecule has 0 saturated carbocycles. The van der Waals surface area contributed by atoms with E-state index in [1.165, 1.54) is 6.42 Å². The molecule has 0 aliphatic heterocycles. The van der Waals surface area contributed by atoms with E-state index in [-0.39, 0.29) is 5.91 Å². The van der Waals surface area contributed by atoms with Gasteiger partial charge in [-0.05, 0) is 14.1 Å². The summed E-state index contributed by atoms with van der Waals surface area (Å²) >= 11 is 0. The van der Waals surface area contributed by atoms with Crippen molar-refractivity contribution in [2.45, 2.75) is 6.92 Å². The second-order valence-corrected chi connectivity index (χ2v) is 2.38. The van der Waals surface area contributed by atoms with Crippen LogP contribution in [0.15, 0.2) is 0 Å². The highest BCUT2D eigenvalue weighted by atomic mass is 16.1. The van der Waals surface area contributed by atoms with Crippen LogP contribution in [-0.2, 0) is 4.79 Å². The summed E-state index contributed by atoms with van der Waals surface area (Å²) in [6.07, 6.45) is 1.52. The molecule has 0 aromatic rings. The molecule has 0 aromatic carbocycles. The zero-order valence-electron chi connectivity index (χ0n) is 6.85. The van der Waals surface area contributed by atoms with Crippen molar-refractivity contribution < 1.29 is 4.79 Å². The molecular formula is C7H15N2O. The fraction of sp³-hybridized carbons (Fsp3) is 0.714. The number of nitrogens with zero attached hydrogens (tertiary/aromatic N) is 1. The maximum atomic E-state index is 10.6. The number of rotatable bonds is 4. The van der Waals surface area contributed by atoms with Crippen molar-refractivity contribution in [3.8, 4) is 0 Å². The van der Waals surface area contributed by atoms with E-state index in [2.05, 4.69) is 5.32 Å². The summed E-state index contributed by atoms with van der Waals surface area (Å²) in [6, 6.07) is 0. The third kappa shape index (κ3) is 5.56. The van der Waals surface area contributed by atoms with E-state index in [1.807, 2.05) is 19.0 Å². The topological polar surface area (TPSA) is 32.3 Å². The number of amides is 1. The van der Waals surface area contributed by atoms with Crippen molar-refractivity contribution in [2.24, 2.45) is 0 Å². The molecule has 0 spiro atoms. The number of hydrogen-bond acceptors (Lipinski definition) is 2. The third-order valence-corrected chi connectivity index (χ3v) is 1.12. The molecule has 10 heavy (non-hydrogen) atoms. The number of carbonyl (C=O) groups is 1. The van der Waals surface area contributed by atoms with E-state index in [0.717, 1.165) is 13.1 Å². The third-order valence-electron chi connectivity index (χ3n) is 1.12. The van der Waals surface area contributed by atoms with Crippen LogP contribution in [0.3, 0.4) is 0 Å². The first-order chi connectivity index (χ1) is 4.66. The predicted molar refractivity (Wildman–Crippen MR) is 41.5 cm³/mol. The average Bonchev–Trinajstić information content (AvgIpc) is 1.87. The molecule has 59 valence electrons. The van der Waals surface area contributed by atoms with Gasteiger partial charge in [-0.25, -0.2) is 0 Å². The summed E-state index contributed by atoms with van der Waals surface area (Å²) in [6.45, 7) is 3.33. The minimum Gasteiger partial charge on any atom is -0.355 e. The van der Waals surface area contributed by atoms with Crippen LogP contribution in [0.5, 0.6) is 0 Å². The first-order valence-corrected chi connectivity index (χ1v) is 3.38. The molecule has 0 atom stereocenters. The second kappa shape index (κ2) is 5.23. The lowest BCUT2D eigenvalue weighted by Crippen LogP contribution is -2.30. The highest BCUT2D eigenvalue weighted by Gasteiger charge is 1.94. The van der Waals surface area contributed by atoms with Gasteiger partial charge in [0.25, 0.3) is 0 Å². The normalized spacial score (nSPS) is 10.0. The zero-order chi connectivity index (χ0) is 7.98. The van der Waals surface area contributed by atoms with Gasteiger partial charge in [0, 0.05) is 19.5 Å². The first kappa shape index (κ1) is 9.43. The zero-order valence-corrected chi connectivity index (χ0v) is 6.85. The summed E-state index contributed by atoms with van der Waals surface area (Å²) in [7, 11) is 3.95. The van der Waals surface area contributed by atoms with Gasteiger partial charge in [-0.3, -0.25) is 4.79 Å². The second-order valence-electron chi connectivity index (χ2n) is 2.38. The largest absolute Gasteiger partial charge is 0.355 e. The molecule has 0 fully saturated rings.